The molecule has 2 heterocycles. The van der Waals surface area contributed by atoms with Crippen molar-refractivity contribution in [1.82, 2.24) is 14.9 Å². The molecule has 4 heteroatoms. The summed E-state index contributed by atoms with van der Waals surface area (Å²) in [5, 5.41) is 3.57. The highest BCUT2D eigenvalue weighted by Crippen LogP contribution is 2.18. The lowest BCUT2D eigenvalue weighted by atomic mass is 9.95. The quantitative estimate of drug-likeness (QED) is 0.842. The van der Waals surface area contributed by atoms with E-state index in [4.69, 9.17) is 4.74 Å². The summed E-state index contributed by atoms with van der Waals surface area (Å²) in [7, 11) is 0. The van der Waals surface area contributed by atoms with Crippen molar-refractivity contribution in [1.29, 1.82) is 0 Å². The number of aromatic nitrogens is 2. The highest BCUT2D eigenvalue weighted by atomic mass is 16.5. The summed E-state index contributed by atoms with van der Waals surface area (Å²) in [6, 6.07) is 0. The lowest BCUT2D eigenvalue weighted by Crippen LogP contribution is -2.48. The van der Waals surface area contributed by atoms with Crippen molar-refractivity contribution in [3.63, 3.8) is 0 Å². The van der Waals surface area contributed by atoms with Gasteiger partial charge in [0.1, 0.15) is 5.82 Å². The fourth-order valence-corrected chi connectivity index (χ4v) is 2.16. The van der Waals surface area contributed by atoms with E-state index in [1.54, 1.807) is 0 Å². The normalized spacial score (nSPS) is 25.9. The molecule has 16 heavy (non-hydrogen) atoms. The van der Waals surface area contributed by atoms with Crippen LogP contribution in [0.3, 0.4) is 0 Å². The Labute approximate surface area is 97.0 Å². The molecule has 4 nitrogen and oxygen atoms in total. The molecule has 0 radical (unpaired) electrons. The van der Waals surface area contributed by atoms with E-state index < -0.39 is 0 Å². The van der Waals surface area contributed by atoms with Crippen LogP contribution in [0.5, 0.6) is 0 Å². The molecule has 0 saturated carbocycles. The zero-order valence-corrected chi connectivity index (χ0v) is 10.2. The molecule has 1 aliphatic heterocycles. The van der Waals surface area contributed by atoms with Gasteiger partial charge in [-0.2, -0.15) is 0 Å². The Bertz CT molecular complexity index is 329. The smallest absolute Gasteiger partial charge is 0.122 e. The largest absolute Gasteiger partial charge is 0.380 e. The van der Waals surface area contributed by atoms with Crippen LogP contribution in [0.15, 0.2) is 12.4 Å². The summed E-state index contributed by atoms with van der Waals surface area (Å²) >= 11 is 0. The second-order valence-electron chi connectivity index (χ2n) is 4.70. The Balaban J connectivity index is 1.91. The van der Waals surface area contributed by atoms with Crippen molar-refractivity contribution in [3.05, 3.63) is 18.2 Å². The molecule has 0 spiro atoms. The molecule has 0 amide bonds. The first-order valence-electron chi connectivity index (χ1n) is 6.06. The van der Waals surface area contributed by atoms with Crippen LogP contribution >= 0.6 is 0 Å². The maximum absolute atomic E-state index is 5.52. The summed E-state index contributed by atoms with van der Waals surface area (Å²) in [6.07, 6.45) is 6.21. The van der Waals surface area contributed by atoms with Gasteiger partial charge in [-0.1, -0.05) is 0 Å². The van der Waals surface area contributed by atoms with Crippen molar-refractivity contribution < 1.29 is 4.74 Å². The molecule has 1 saturated heterocycles. The van der Waals surface area contributed by atoms with Gasteiger partial charge in [0.25, 0.3) is 0 Å². The van der Waals surface area contributed by atoms with Crippen LogP contribution in [0.4, 0.5) is 0 Å². The molecule has 1 fully saturated rings. The van der Waals surface area contributed by atoms with Gasteiger partial charge < -0.3 is 14.6 Å². The molecule has 1 aromatic heterocycles. The Morgan fingerprint density at radius 3 is 3.19 bits per heavy atom. The SMILES string of the molecule is CCn1ccnc1CNC1(C)CCCOC1. The van der Waals surface area contributed by atoms with Crippen LogP contribution in [0.1, 0.15) is 32.5 Å². The minimum Gasteiger partial charge on any atom is -0.380 e. The zero-order chi connectivity index (χ0) is 11.4. The number of imidazole rings is 1. The minimum atomic E-state index is 0.114. The van der Waals surface area contributed by atoms with Crippen molar-refractivity contribution >= 4 is 0 Å². The van der Waals surface area contributed by atoms with Gasteiger partial charge in [-0.3, -0.25) is 0 Å². The van der Waals surface area contributed by atoms with Crippen LogP contribution < -0.4 is 5.32 Å². The van der Waals surface area contributed by atoms with E-state index in [1.165, 1.54) is 6.42 Å². The zero-order valence-electron chi connectivity index (χ0n) is 10.2. The first-order chi connectivity index (χ1) is 7.73. The number of nitrogens with one attached hydrogen (secondary N) is 1. The molecule has 0 bridgehead atoms. The molecule has 0 aromatic carbocycles. The molecular weight excluding hydrogens is 202 g/mol. The topological polar surface area (TPSA) is 39.1 Å². The van der Waals surface area contributed by atoms with Crippen LogP contribution in [-0.2, 0) is 17.8 Å². The maximum atomic E-state index is 5.52. The molecule has 1 atom stereocenters. The molecular formula is C12H21N3O. The van der Waals surface area contributed by atoms with Gasteiger partial charge in [0.15, 0.2) is 0 Å². The second kappa shape index (κ2) is 4.97. The average Bonchev–Trinajstić information content (AvgIpc) is 2.75. The summed E-state index contributed by atoms with van der Waals surface area (Å²) in [5.41, 5.74) is 0.114. The summed E-state index contributed by atoms with van der Waals surface area (Å²) < 4.78 is 7.69. The number of nitrogens with zero attached hydrogens (tertiary/aromatic N) is 2. The summed E-state index contributed by atoms with van der Waals surface area (Å²) in [5.74, 6) is 1.11. The van der Waals surface area contributed by atoms with Gasteiger partial charge in [0, 0.05) is 31.1 Å². The third kappa shape index (κ3) is 2.62. The van der Waals surface area contributed by atoms with Gasteiger partial charge in [-0.25, -0.2) is 4.98 Å². The van der Waals surface area contributed by atoms with E-state index in [2.05, 4.69) is 28.7 Å². The van der Waals surface area contributed by atoms with E-state index in [1.807, 2.05) is 12.4 Å². The van der Waals surface area contributed by atoms with Gasteiger partial charge in [-0.15, -0.1) is 0 Å². The standard InChI is InChI=1S/C12H21N3O/c1-3-15-7-6-13-11(15)9-14-12(2)5-4-8-16-10-12/h6-7,14H,3-5,8-10H2,1-2H3. The Morgan fingerprint density at radius 1 is 1.62 bits per heavy atom. The Kier molecular flexibility index (Phi) is 3.61. The molecule has 90 valence electrons. The number of rotatable bonds is 4. The average molecular weight is 223 g/mol. The molecule has 1 aliphatic rings. The third-order valence-corrected chi connectivity index (χ3v) is 3.25. The lowest BCUT2D eigenvalue weighted by molar-refractivity contribution is 0.0273. The van der Waals surface area contributed by atoms with Crippen LogP contribution in [-0.4, -0.2) is 28.3 Å². The van der Waals surface area contributed by atoms with Crippen LogP contribution in [0, 0.1) is 0 Å². The monoisotopic (exact) mass is 223 g/mol. The van der Waals surface area contributed by atoms with E-state index in [0.29, 0.717) is 0 Å². The molecule has 1 unspecified atom stereocenters. The number of ether oxygens (including phenoxy) is 1. The van der Waals surface area contributed by atoms with Crippen LogP contribution in [0.2, 0.25) is 0 Å². The molecule has 0 aliphatic carbocycles. The van der Waals surface area contributed by atoms with E-state index in [0.717, 1.165) is 38.5 Å². The number of hydrogen-bond donors (Lipinski definition) is 1. The van der Waals surface area contributed by atoms with Gasteiger partial charge in [0.2, 0.25) is 0 Å². The third-order valence-electron chi connectivity index (χ3n) is 3.25. The Morgan fingerprint density at radius 2 is 2.50 bits per heavy atom. The van der Waals surface area contributed by atoms with Crippen molar-refractivity contribution in [2.45, 2.75) is 45.3 Å². The fraction of sp³-hybridized carbons (Fsp3) is 0.750. The molecule has 1 aromatic rings. The van der Waals surface area contributed by atoms with Crippen LogP contribution in [0.25, 0.3) is 0 Å². The highest BCUT2D eigenvalue weighted by molar-refractivity contribution is 4.94. The maximum Gasteiger partial charge on any atom is 0.122 e. The van der Waals surface area contributed by atoms with E-state index >= 15 is 0 Å². The Hall–Kier alpha value is -0.870. The second-order valence-corrected chi connectivity index (χ2v) is 4.70. The van der Waals surface area contributed by atoms with Gasteiger partial charge in [0.05, 0.1) is 13.2 Å². The first-order valence-corrected chi connectivity index (χ1v) is 6.06. The fourth-order valence-electron chi connectivity index (χ4n) is 2.16. The summed E-state index contributed by atoms with van der Waals surface area (Å²) in [6.45, 7) is 7.87. The predicted octanol–water partition coefficient (Wildman–Crippen LogP) is 1.56. The molecule has 2 rings (SSSR count). The van der Waals surface area contributed by atoms with E-state index in [-0.39, 0.29) is 5.54 Å². The van der Waals surface area contributed by atoms with Gasteiger partial charge in [-0.05, 0) is 26.7 Å². The lowest BCUT2D eigenvalue weighted by Gasteiger charge is -2.34. The van der Waals surface area contributed by atoms with E-state index in [9.17, 15) is 0 Å². The number of hydrogen-bond acceptors (Lipinski definition) is 3. The number of aryl methyl sites for hydroxylation is 1. The highest BCUT2D eigenvalue weighted by Gasteiger charge is 2.27. The summed E-state index contributed by atoms with van der Waals surface area (Å²) in [4.78, 5) is 4.36. The van der Waals surface area contributed by atoms with Crippen molar-refractivity contribution in [2.75, 3.05) is 13.2 Å². The predicted molar refractivity (Wildman–Crippen MR) is 63.2 cm³/mol. The van der Waals surface area contributed by atoms with Gasteiger partial charge >= 0.3 is 0 Å². The van der Waals surface area contributed by atoms with Crippen molar-refractivity contribution in [2.24, 2.45) is 0 Å². The molecule has 1 N–H and O–H groups in total. The minimum absolute atomic E-state index is 0.114. The first kappa shape index (κ1) is 11.6. The van der Waals surface area contributed by atoms with Crippen molar-refractivity contribution in [3.8, 4) is 0 Å².